The van der Waals surface area contributed by atoms with Gasteiger partial charge in [-0.2, -0.15) is 0 Å². The van der Waals surface area contributed by atoms with Crippen molar-refractivity contribution in [1.82, 2.24) is 0 Å². The van der Waals surface area contributed by atoms with E-state index >= 15 is 0 Å². The molecule has 2 N–H and O–H groups in total. The average Bonchev–Trinajstić information content (AvgIpc) is 3.36. The third-order valence-corrected chi connectivity index (χ3v) is 7.23. The highest BCUT2D eigenvalue weighted by molar-refractivity contribution is 6.57. The number of ketones is 1. The van der Waals surface area contributed by atoms with E-state index in [4.69, 9.17) is 11.6 Å². The van der Waals surface area contributed by atoms with E-state index in [0.717, 1.165) is 14.7 Å². The monoisotopic (exact) mass is 565 g/mol. The Morgan fingerprint density at radius 2 is 1.27 bits per heavy atom. The number of benzene rings is 4. The summed E-state index contributed by atoms with van der Waals surface area (Å²) in [4.78, 5) is 59.5. The zero-order valence-corrected chi connectivity index (χ0v) is 21.9. The Hall–Kier alpha value is -5.41. The maximum absolute atomic E-state index is 14.8. The van der Waals surface area contributed by atoms with Crippen LogP contribution in [0.1, 0.15) is 5.56 Å². The van der Waals surface area contributed by atoms with Crippen LogP contribution in [0.3, 0.4) is 0 Å². The van der Waals surface area contributed by atoms with Gasteiger partial charge >= 0.3 is 11.9 Å². The van der Waals surface area contributed by atoms with Gasteiger partial charge in [0.05, 0.1) is 11.4 Å². The number of Topliss-reactive ketones (excluding diaryl/α,β-unsaturated/α-hetero) is 1. The number of phenols is 1. The Kier molecular flexibility index (Phi) is 6.08. The lowest BCUT2D eigenvalue weighted by Crippen LogP contribution is -2.61. The van der Waals surface area contributed by atoms with Crippen LogP contribution in [0.4, 0.5) is 21.9 Å². The predicted octanol–water partition coefficient (Wildman–Crippen LogP) is 5.30. The number of hydrogen-bond acceptors (Lipinski definition) is 6. The smallest absolute Gasteiger partial charge is 0.338 e. The summed E-state index contributed by atoms with van der Waals surface area (Å²) in [6.07, 6.45) is 0. The molecule has 0 aliphatic carbocycles. The molecule has 9 nitrogen and oxygen atoms in total. The van der Waals surface area contributed by atoms with Gasteiger partial charge in [-0.25, -0.2) is 9.69 Å². The van der Waals surface area contributed by atoms with E-state index in [1.54, 1.807) is 54.6 Å². The number of para-hydroxylation sites is 2. The van der Waals surface area contributed by atoms with Gasteiger partial charge in [-0.15, -0.1) is 0 Å². The van der Waals surface area contributed by atoms with Gasteiger partial charge in [-0.1, -0.05) is 78.3 Å². The molecule has 4 aromatic carbocycles. The average molecular weight is 566 g/mol. The number of carbonyl (C=O) groups is 4. The first-order chi connectivity index (χ1) is 19.8. The fraction of sp³-hybridized carbons (Fsp3) is 0.0323. The molecule has 4 aromatic rings. The van der Waals surface area contributed by atoms with Gasteiger partial charge in [-0.3, -0.25) is 24.2 Å². The number of aliphatic hydroxyl groups excluding tert-OH is 1. The number of hydrogen-bond donors (Lipinski definition) is 2. The number of halogens is 1. The number of aliphatic hydroxyl groups is 1. The van der Waals surface area contributed by atoms with Crippen LogP contribution in [0.2, 0.25) is 5.02 Å². The van der Waals surface area contributed by atoms with Crippen molar-refractivity contribution in [3.05, 3.63) is 125 Å². The first kappa shape index (κ1) is 25.8. The Labute approximate surface area is 238 Å². The molecule has 0 aromatic heterocycles. The molecule has 0 radical (unpaired) electrons. The maximum atomic E-state index is 14.8. The van der Waals surface area contributed by atoms with Gasteiger partial charge in [0.1, 0.15) is 17.1 Å². The van der Waals surface area contributed by atoms with Gasteiger partial charge in [0.2, 0.25) is 5.66 Å². The molecular weight excluding hydrogens is 546 g/mol. The lowest BCUT2D eigenvalue weighted by atomic mass is 9.92. The summed E-state index contributed by atoms with van der Waals surface area (Å²) in [5.41, 5.74) is -3.08. The molecule has 0 bridgehead atoms. The Morgan fingerprint density at radius 3 is 1.88 bits per heavy atom. The molecule has 10 heteroatoms. The fourth-order valence-corrected chi connectivity index (χ4v) is 5.43. The first-order valence-electron chi connectivity index (χ1n) is 12.4. The molecule has 2 aliphatic rings. The number of aromatic hydroxyl groups is 1. The van der Waals surface area contributed by atoms with Crippen LogP contribution < -0.4 is 14.7 Å². The number of amides is 4. The normalized spacial score (nSPS) is 20.0. The first-order valence-corrected chi connectivity index (χ1v) is 12.8. The minimum atomic E-state index is -2.58. The molecule has 1 unspecified atom stereocenters. The minimum absolute atomic E-state index is 0.0841. The molecule has 41 heavy (non-hydrogen) atoms. The van der Waals surface area contributed by atoms with Gasteiger partial charge < -0.3 is 10.2 Å². The van der Waals surface area contributed by atoms with Crippen molar-refractivity contribution in [2.24, 2.45) is 0 Å². The van der Waals surface area contributed by atoms with Crippen molar-refractivity contribution in [1.29, 1.82) is 0 Å². The van der Waals surface area contributed by atoms with Crippen LogP contribution in [0.15, 0.2) is 115 Å². The van der Waals surface area contributed by atoms with E-state index in [9.17, 15) is 29.4 Å². The number of urea groups is 1. The van der Waals surface area contributed by atoms with Crippen molar-refractivity contribution in [2.45, 2.75) is 5.66 Å². The maximum Gasteiger partial charge on any atom is 0.338 e. The number of nitrogens with zero attached hydrogens (tertiary/aromatic N) is 3. The quantitative estimate of drug-likeness (QED) is 0.150. The van der Waals surface area contributed by atoms with Crippen molar-refractivity contribution in [3.63, 3.8) is 0 Å². The van der Waals surface area contributed by atoms with Crippen LogP contribution in [0.25, 0.3) is 5.76 Å². The molecule has 4 amide bonds. The summed E-state index contributed by atoms with van der Waals surface area (Å²) in [6.45, 7) is 0. The van der Waals surface area contributed by atoms with Crippen LogP contribution in [-0.4, -0.2) is 39.5 Å². The van der Waals surface area contributed by atoms with Gasteiger partial charge in [-0.05, 0) is 42.5 Å². The van der Waals surface area contributed by atoms with Crippen molar-refractivity contribution in [3.8, 4) is 5.75 Å². The Morgan fingerprint density at radius 1 is 0.707 bits per heavy atom. The van der Waals surface area contributed by atoms with Gasteiger partial charge in [0, 0.05) is 16.3 Å². The molecule has 202 valence electrons. The summed E-state index contributed by atoms with van der Waals surface area (Å²) >= 11 is 6.24. The van der Waals surface area contributed by atoms with Crippen molar-refractivity contribution < 1.29 is 29.4 Å². The molecule has 1 spiro atoms. The van der Waals surface area contributed by atoms with Gasteiger partial charge in [0.25, 0.3) is 11.7 Å². The summed E-state index contributed by atoms with van der Waals surface area (Å²) in [5.74, 6) is -4.67. The van der Waals surface area contributed by atoms with E-state index in [1.165, 1.54) is 54.6 Å². The summed E-state index contributed by atoms with van der Waals surface area (Å²) in [6, 6.07) is 26.7. The topological polar surface area (TPSA) is 118 Å². The van der Waals surface area contributed by atoms with Crippen molar-refractivity contribution >= 4 is 58.1 Å². The highest BCUT2D eigenvalue weighted by Crippen LogP contribution is 2.51. The predicted molar refractivity (Wildman–Crippen MR) is 153 cm³/mol. The molecule has 1 atom stereocenters. The number of phenolic OH excluding ortho intramolecular Hbond substituents is 1. The Balaban J connectivity index is 1.77. The number of anilines is 3. The number of imide groups is 1. The highest BCUT2D eigenvalue weighted by Gasteiger charge is 2.73. The van der Waals surface area contributed by atoms with E-state index < -0.39 is 46.4 Å². The standard InChI is InChI=1S/C31H20ClN3O6/c32-20-16-17-24(36)23(18-20)35-28(39)27(38)25(26(37)19-10-4-1-5-11-19)31(35)29(40)33(21-12-6-2-7-13-21)30(41)34(31)22-14-8-3-9-15-22/h1-18,36-37H. The highest BCUT2D eigenvalue weighted by atomic mass is 35.5. The number of rotatable bonds is 4. The Bertz CT molecular complexity index is 1760. The summed E-state index contributed by atoms with van der Waals surface area (Å²) < 4.78 is 0. The second kappa shape index (κ2) is 9.65. The summed E-state index contributed by atoms with van der Waals surface area (Å²) in [5, 5.41) is 22.6. The number of carbonyl (C=O) groups excluding carboxylic acids is 4. The lowest BCUT2D eigenvalue weighted by molar-refractivity contribution is -0.132. The second-order valence-electron chi connectivity index (χ2n) is 9.29. The minimum Gasteiger partial charge on any atom is -0.507 e. The van der Waals surface area contributed by atoms with Crippen LogP contribution in [0, 0.1) is 0 Å². The zero-order chi connectivity index (χ0) is 28.9. The second-order valence-corrected chi connectivity index (χ2v) is 9.73. The molecule has 2 fully saturated rings. The SMILES string of the molecule is O=C1C(=O)N(c2cc(Cl)ccc2O)C2(C(=O)N(c3ccccc3)C(=O)N2c2ccccc2)C1=C(O)c1ccccc1. The largest absolute Gasteiger partial charge is 0.507 e. The molecular formula is C31H20ClN3O6. The molecule has 2 heterocycles. The van der Waals surface area contributed by atoms with Crippen LogP contribution in [0.5, 0.6) is 5.75 Å². The van der Waals surface area contributed by atoms with E-state index in [2.05, 4.69) is 0 Å². The molecule has 0 saturated carbocycles. The van der Waals surface area contributed by atoms with E-state index in [-0.39, 0.29) is 27.6 Å². The molecule has 2 saturated heterocycles. The molecule has 2 aliphatic heterocycles. The van der Waals surface area contributed by atoms with Crippen LogP contribution in [-0.2, 0) is 14.4 Å². The third-order valence-electron chi connectivity index (χ3n) is 7.00. The fourth-order valence-electron chi connectivity index (χ4n) is 5.27. The zero-order valence-electron chi connectivity index (χ0n) is 21.1. The van der Waals surface area contributed by atoms with E-state index in [0.29, 0.717) is 0 Å². The molecule has 6 rings (SSSR count). The van der Waals surface area contributed by atoms with Crippen molar-refractivity contribution in [2.75, 3.05) is 14.7 Å². The van der Waals surface area contributed by atoms with Crippen LogP contribution >= 0.6 is 11.6 Å². The summed E-state index contributed by atoms with van der Waals surface area (Å²) in [7, 11) is 0. The third kappa shape index (κ3) is 3.70. The van der Waals surface area contributed by atoms with E-state index in [1.807, 2.05) is 0 Å². The lowest BCUT2D eigenvalue weighted by Gasteiger charge is -2.39. The van der Waals surface area contributed by atoms with Gasteiger partial charge in [0.15, 0.2) is 0 Å².